The molecular weight excluding hydrogens is 252 g/mol. The molecule has 4 nitrogen and oxygen atoms in total. The highest BCUT2D eigenvalue weighted by Gasteiger charge is 2.13. The Kier molecular flexibility index (Phi) is 4.23. The van der Waals surface area contributed by atoms with E-state index >= 15 is 0 Å². The van der Waals surface area contributed by atoms with Crippen LogP contribution in [-0.2, 0) is 0 Å². The summed E-state index contributed by atoms with van der Waals surface area (Å²) in [6, 6.07) is 7.46. The van der Waals surface area contributed by atoms with E-state index in [0.717, 1.165) is 23.1 Å². The fourth-order valence-electron chi connectivity index (χ4n) is 2.00. The van der Waals surface area contributed by atoms with Crippen molar-refractivity contribution < 1.29 is 9.90 Å². The average Bonchev–Trinajstić information content (AvgIpc) is 2.43. The minimum atomic E-state index is -0.948. The minimum Gasteiger partial charge on any atom is -0.478 e. The smallest absolute Gasteiger partial charge is 0.337 e. The van der Waals surface area contributed by atoms with Gasteiger partial charge in [-0.2, -0.15) is 0 Å². The van der Waals surface area contributed by atoms with Crippen LogP contribution in [0.15, 0.2) is 30.5 Å². The maximum absolute atomic E-state index is 11.2. The van der Waals surface area contributed by atoms with E-state index < -0.39 is 5.97 Å². The van der Waals surface area contributed by atoms with Crippen LogP contribution in [0.4, 0.5) is 5.82 Å². The molecule has 0 fully saturated rings. The lowest BCUT2D eigenvalue weighted by molar-refractivity contribution is 0.0698. The molecule has 0 saturated heterocycles. The van der Waals surface area contributed by atoms with Crippen LogP contribution in [0.2, 0.25) is 0 Å². The van der Waals surface area contributed by atoms with Crippen molar-refractivity contribution in [2.24, 2.45) is 11.8 Å². The summed E-state index contributed by atoms with van der Waals surface area (Å²) in [7, 11) is 0. The fourth-order valence-corrected chi connectivity index (χ4v) is 2.00. The van der Waals surface area contributed by atoms with Gasteiger partial charge in [0.05, 0.1) is 5.56 Å². The number of fused-ring (bicyclic) bond motifs is 1. The first-order valence-electron chi connectivity index (χ1n) is 6.85. The number of rotatable bonds is 5. The molecule has 1 heterocycles. The van der Waals surface area contributed by atoms with Gasteiger partial charge >= 0.3 is 5.97 Å². The molecule has 1 atom stereocenters. The summed E-state index contributed by atoms with van der Waals surface area (Å²) in [4.78, 5) is 15.5. The normalized spacial score (nSPS) is 12.6. The highest BCUT2D eigenvalue weighted by atomic mass is 16.4. The number of benzene rings is 1. The van der Waals surface area contributed by atoms with Gasteiger partial charge in [0.25, 0.3) is 0 Å². The molecule has 4 heteroatoms. The maximum Gasteiger partial charge on any atom is 0.337 e. The van der Waals surface area contributed by atoms with Gasteiger partial charge in [-0.1, -0.05) is 45.0 Å². The first-order chi connectivity index (χ1) is 9.50. The van der Waals surface area contributed by atoms with E-state index in [0.29, 0.717) is 11.8 Å². The van der Waals surface area contributed by atoms with Crippen molar-refractivity contribution in [3.8, 4) is 0 Å². The van der Waals surface area contributed by atoms with E-state index in [1.54, 1.807) is 0 Å². The quantitative estimate of drug-likeness (QED) is 0.872. The van der Waals surface area contributed by atoms with E-state index in [2.05, 4.69) is 31.1 Å². The number of hydrogen-bond donors (Lipinski definition) is 2. The lowest BCUT2D eigenvalue weighted by atomic mass is 9.98. The van der Waals surface area contributed by atoms with Crippen molar-refractivity contribution in [3.05, 3.63) is 36.0 Å². The van der Waals surface area contributed by atoms with Crippen molar-refractivity contribution in [1.29, 1.82) is 0 Å². The topological polar surface area (TPSA) is 62.2 Å². The van der Waals surface area contributed by atoms with Crippen LogP contribution in [0, 0.1) is 11.8 Å². The van der Waals surface area contributed by atoms with Gasteiger partial charge in [-0.05, 0) is 11.8 Å². The van der Waals surface area contributed by atoms with Gasteiger partial charge in [0, 0.05) is 23.5 Å². The van der Waals surface area contributed by atoms with Crippen LogP contribution in [0.3, 0.4) is 0 Å². The largest absolute Gasteiger partial charge is 0.478 e. The van der Waals surface area contributed by atoms with Crippen molar-refractivity contribution >= 4 is 22.6 Å². The van der Waals surface area contributed by atoms with Crippen LogP contribution in [0.25, 0.3) is 10.8 Å². The number of nitrogens with one attached hydrogen (secondary N) is 1. The predicted molar refractivity (Wildman–Crippen MR) is 81.2 cm³/mol. The Morgan fingerprint density at radius 1 is 1.25 bits per heavy atom. The summed E-state index contributed by atoms with van der Waals surface area (Å²) in [5.74, 6) is 0.913. The number of carbonyl (C=O) groups is 1. The Hall–Kier alpha value is -2.10. The van der Waals surface area contributed by atoms with Gasteiger partial charge in [0.2, 0.25) is 0 Å². The van der Waals surface area contributed by atoms with E-state index in [4.69, 9.17) is 0 Å². The molecule has 0 radical (unpaired) electrons. The number of anilines is 1. The number of aromatic carboxylic acids is 1. The molecule has 0 spiro atoms. The van der Waals surface area contributed by atoms with E-state index in [1.807, 2.05) is 24.3 Å². The zero-order chi connectivity index (χ0) is 14.7. The minimum absolute atomic E-state index is 0.239. The summed E-state index contributed by atoms with van der Waals surface area (Å²) in [6.45, 7) is 7.38. The van der Waals surface area contributed by atoms with Gasteiger partial charge in [0.15, 0.2) is 0 Å². The summed E-state index contributed by atoms with van der Waals surface area (Å²) >= 11 is 0. The molecule has 20 heavy (non-hydrogen) atoms. The van der Waals surface area contributed by atoms with Crippen LogP contribution < -0.4 is 5.32 Å². The third-order valence-electron chi connectivity index (χ3n) is 3.76. The van der Waals surface area contributed by atoms with Crippen LogP contribution in [0.5, 0.6) is 0 Å². The van der Waals surface area contributed by atoms with Crippen molar-refractivity contribution in [3.63, 3.8) is 0 Å². The number of hydrogen-bond acceptors (Lipinski definition) is 3. The second-order valence-electron chi connectivity index (χ2n) is 5.47. The highest BCUT2D eigenvalue weighted by Crippen LogP contribution is 2.25. The SMILES string of the molecule is CC(C)C(C)CNc1ncc(C(=O)O)c2ccccc12. The second-order valence-corrected chi connectivity index (χ2v) is 5.47. The average molecular weight is 272 g/mol. The molecule has 0 aliphatic heterocycles. The summed E-state index contributed by atoms with van der Waals surface area (Å²) in [5, 5.41) is 14.1. The number of carboxylic acids is 1. The summed E-state index contributed by atoms with van der Waals surface area (Å²) in [6.07, 6.45) is 1.42. The Labute approximate surface area is 118 Å². The summed E-state index contributed by atoms with van der Waals surface area (Å²) < 4.78 is 0. The Morgan fingerprint density at radius 2 is 1.90 bits per heavy atom. The second kappa shape index (κ2) is 5.90. The van der Waals surface area contributed by atoms with Crippen molar-refractivity contribution in [1.82, 2.24) is 4.98 Å². The lowest BCUT2D eigenvalue weighted by Gasteiger charge is -2.17. The highest BCUT2D eigenvalue weighted by molar-refractivity contribution is 6.06. The maximum atomic E-state index is 11.2. The molecule has 2 aromatic rings. The molecule has 1 aromatic heterocycles. The van der Waals surface area contributed by atoms with Gasteiger partial charge in [-0.25, -0.2) is 9.78 Å². The molecule has 106 valence electrons. The van der Waals surface area contributed by atoms with E-state index in [1.165, 1.54) is 6.20 Å². The van der Waals surface area contributed by atoms with E-state index in [9.17, 15) is 9.90 Å². The van der Waals surface area contributed by atoms with E-state index in [-0.39, 0.29) is 5.56 Å². The van der Waals surface area contributed by atoms with Gasteiger partial charge < -0.3 is 10.4 Å². The van der Waals surface area contributed by atoms with Crippen LogP contribution in [-0.4, -0.2) is 22.6 Å². The molecule has 2 rings (SSSR count). The predicted octanol–water partition coefficient (Wildman–Crippen LogP) is 3.64. The van der Waals surface area contributed by atoms with Gasteiger partial charge in [0.1, 0.15) is 5.82 Å². The number of nitrogens with zero attached hydrogens (tertiary/aromatic N) is 1. The molecule has 1 aromatic carbocycles. The number of pyridine rings is 1. The standard InChI is InChI=1S/C16H20N2O2/c1-10(2)11(3)8-17-15-13-7-5-4-6-12(13)14(9-18-15)16(19)20/h4-7,9-11H,8H2,1-3H3,(H,17,18)(H,19,20). The molecule has 0 aliphatic rings. The van der Waals surface area contributed by atoms with Crippen molar-refractivity contribution in [2.75, 3.05) is 11.9 Å². The third kappa shape index (κ3) is 2.90. The Balaban J connectivity index is 2.36. The van der Waals surface area contributed by atoms with Gasteiger partial charge in [-0.15, -0.1) is 0 Å². The Bertz CT molecular complexity index is 623. The zero-order valence-electron chi connectivity index (χ0n) is 12.1. The Morgan fingerprint density at radius 3 is 2.50 bits per heavy atom. The van der Waals surface area contributed by atoms with Crippen LogP contribution in [0.1, 0.15) is 31.1 Å². The number of carboxylic acid groups (broad SMARTS) is 1. The van der Waals surface area contributed by atoms with Gasteiger partial charge in [-0.3, -0.25) is 0 Å². The van der Waals surface area contributed by atoms with Crippen molar-refractivity contribution in [2.45, 2.75) is 20.8 Å². The van der Waals surface area contributed by atoms with Crippen LogP contribution >= 0.6 is 0 Å². The monoisotopic (exact) mass is 272 g/mol. The first kappa shape index (κ1) is 14.3. The first-order valence-corrected chi connectivity index (χ1v) is 6.85. The molecule has 0 bridgehead atoms. The molecule has 0 amide bonds. The molecule has 1 unspecified atom stereocenters. The molecular formula is C16H20N2O2. The number of aromatic nitrogens is 1. The fraction of sp³-hybridized carbons (Fsp3) is 0.375. The molecule has 0 saturated carbocycles. The lowest BCUT2D eigenvalue weighted by Crippen LogP contribution is -2.17. The third-order valence-corrected chi connectivity index (χ3v) is 3.76. The zero-order valence-corrected chi connectivity index (χ0v) is 12.1. The molecule has 0 aliphatic carbocycles. The summed E-state index contributed by atoms with van der Waals surface area (Å²) in [5.41, 5.74) is 0.239. The molecule has 2 N–H and O–H groups in total.